The molecular formula is C18H19FN2O4. The Balaban J connectivity index is 1.95. The third-order valence-electron chi connectivity index (χ3n) is 3.63. The Morgan fingerprint density at radius 1 is 1.16 bits per heavy atom. The summed E-state index contributed by atoms with van der Waals surface area (Å²) in [6.45, 7) is 5.63. The zero-order valence-electron chi connectivity index (χ0n) is 14.3. The second kappa shape index (κ2) is 7.74. The summed E-state index contributed by atoms with van der Waals surface area (Å²) in [5.41, 5.74) is 1.53. The lowest BCUT2D eigenvalue weighted by molar-refractivity contribution is -0.385. The van der Waals surface area contributed by atoms with Crippen molar-refractivity contribution in [2.75, 3.05) is 13.2 Å². The summed E-state index contributed by atoms with van der Waals surface area (Å²) in [6, 6.07) is 7.84. The predicted molar refractivity (Wildman–Crippen MR) is 91.5 cm³/mol. The fourth-order valence-corrected chi connectivity index (χ4v) is 2.44. The maximum Gasteiger partial charge on any atom is 0.276 e. The van der Waals surface area contributed by atoms with E-state index in [4.69, 9.17) is 4.74 Å². The normalized spacial score (nSPS) is 10.4. The second-order valence-electron chi connectivity index (χ2n) is 5.79. The van der Waals surface area contributed by atoms with Crippen molar-refractivity contribution in [3.05, 3.63) is 68.5 Å². The van der Waals surface area contributed by atoms with Gasteiger partial charge >= 0.3 is 0 Å². The number of nitrogens with zero attached hydrogens (tertiary/aromatic N) is 1. The van der Waals surface area contributed by atoms with Gasteiger partial charge in [0.05, 0.1) is 17.0 Å². The molecule has 0 unspecified atom stereocenters. The van der Waals surface area contributed by atoms with Gasteiger partial charge in [0.15, 0.2) is 0 Å². The molecule has 0 aliphatic rings. The standard InChI is InChI=1S/C18H19FN2O4/c1-11-6-12(2)8-15(7-11)25-5-4-20-18(22)14-9-16(19)13(3)17(10-14)21(23)24/h6-10H,4-5H2,1-3H3,(H,20,22). The number of aryl methyl sites for hydroxylation is 2. The number of carbonyl (C=O) groups excluding carboxylic acids is 1. The molecule has 2 aromatic carbocycles. The zero-order valence-corrected chi connectivity index (χ0v) is 14.3. The van der Waals surface area contributed by atoms with Crippen molar-refractivity contribution >= 4 is 11.6 Å². The van der Waals surface area contributed by atoms with Crippen LogP contribution in [0.25, 0.3) is 0 Å². The van der Waals surface area contributed by atoms with Crippen LogP contribution in [0.2, 0.25) is 0 Å². The van der Waals surface area contributed by atoms with Crippen molar-refractivity contribution in [2.24, 2.45) is 0 Å². The van der Waals surface area contributed by atoms with E-state index in [2.05, 4.69) is 5.32 Å². The van der Waals surface area contributed by atoms with Gasteiger partial charge in [0.2, 0.25) is 0 Å². The SMILES string of the molecule is Cc1cc(C)cc(OCCNC(=O)c2cc(F)c(C)c([N+](=O)[O-])c2)c1. The van der Waals surface area contributed by atoms with E-state index >= 15 is 0 Å². The Morgan fingerprint density at radius 2 is 1.80 bits per heavy atom. The van der Waals surface area contributed by atoms with Gasteiger partial charge in [-0.15, -0.1) is 0 Å². The van der Waals surface area contributed by atoms with Crippen LogP contribution in [0, 0.1) is 36.7 Å². The van der Waals surface area contributed by atoms with E-state index in [-0.39, 0.29) is 24.3 Å². The molecule has 0 saturated heterocycles. The van der Waals surface area contributed by atoms with E-state index in [1.807, 2.05) is 32.0 Å². The molecule has 0 heterocycles. The molecule has 6 nitrogen and oxygen atoms in total. The average molecular weight is 346 g/mol. The Morgan fingerprint density at radius 3 is 2.40 bits per heavy atom. The first-order valence-corrected chi connectivity index (χ1v) is 7.71. The van der Waals surface area contributed by atoms with Crippen molar-refractivity contribution in [3.8, 4) is 5.75 Å². The maximum absolute atomic E-state index is 13.7. The van der Waals surface area contributed by atoms with Crippen molar-refractivity contribution in [3.63, 3.8) is 0 Å². The number of nitrogens with one attached hydrogen (secondary N) is 1. The van der Waals surface area contributed by atoms with Crippen LogP contribution in [0.5, 0.6) is 5.75 Å². The molecule has 0 radical (unpaired) electrons. The number of benzene rings is 2. The van der Waals surface area contributed by atoms with E-state index < -0.39 is 22.3 Å². The highest BCUT2D eigenvalue weighted by Crippen LogP contribution is 2.22. The summed E-state index contributed by atoms with van der Waals surface area (Å²) in [4.78, 5) is 22.2. The molecule has 0 aliphatic carbocycles. The van der Waals surface area contributed by atoms with Crippen LogP contribution in [-0.2, 0) is 0 Å². The van der Waals surface area contributed by atoms with Gasteiger partial charge in [0, 0.05) is 11.6 Å². The van der Waals surface area contributed by atoms with Gasteiger partial charge in [-0.1, -0.05) is 6.07 Å². The van der Waals surface area contributed by atoms with Gasteiger partial charge in [0.1, 0.15) is 18.2 Å². The number of nitro benzene ring substituents is 1. The van der Waals surface area contributed by atoms with Crippen molar-refractivity contribution in [1.82, 2.24) is 5.32 Å². The van der Waals surface area contributed by atoms with Gasteiger partial charge in [-0.05, 0) is 50.1 Å². The van der Waals surface area contributed by atoms with Crippen LogP contribution in [0.15, 0.2) is 30.3 Å². The molecule has 0 fully saturated rings. The number of carbonyl (C=O) groups is 1. The average Bonchev–Trinajstić information content (AvgIpc) is 2.52. The molecule has 0 spiro atoms. The Bertz CT molecular complexity index is 801. The molecule has 0 aromatic heterocycles. The molecule has 132 valence electrons. The molecule has 0 bridgehead atoms. The molecule has 0 aliphatic heterocycles. The van der Waals surface area contributed by atoms with E-state index in [0.29, 0.717) is 5.75 Å². The number of nitro groups is 1. The van der Waals surface area contributed by atoms with Crippen LogP contribution >= 0.6 is 0 Å². The first-order valence-electron chi connectivity index (χ1n) is 7.71. The van der Waals surface area contributed by atoms with Crippen LogP contribution in [-0.4, -0.2) is 24.0 Å². The molecule has 2 rings (SSSR count). The minimum absolute atomic E-state index is 0.0961. The van der Waals surface area contributed by atoms with Crippen molar-refractivity contribution in [1.29, 1.82) is 0 Å². The molecule has 2 aromatic rings. The third-order valence-corrected chi connectivity index (χ3v) is 3.63. The third kappa shape index (κ3) is 4.76. The van der Waals surface area contributed by atoms with E-state index in [0.717, 1.165) is 23.3 Å². The summed E-state index contributed by atoms with van der Waals surface area (Å²) < 4.78 is 19.3. The number of rotatable bonds is 6. The summed E-state index contributed by atoms with van der Waals surface area (Å²) in [5.74, 6) is -0.680. The van der Waals surface area contributed by atoms with Gasteiger partial charge in [-0.25, -0.2) is 4.39 Å². The summed E-state index contributed by atoms with van der Waals surface area (Å²) in [7, 11) is 0. The van der Waals surface area contributed by atoms with Gasteiger partial charge in [-0.2, -0.15) is 0 Å². The van der Waals surface area contributed by atoms with Gasteiger partial charge < -0.3 is 10.1 Å². The zero-order chi connectivity index (χ0) is 18.6. The number of amides is 1. The van der Waals surface area contributed by atoms with Crippen molar-refractivity contribution < 1.29 is 18.8 Å². The lowest BCUT2D eigenvalue weighted by atomic mass is 10.1. The maximum atomic E-state index is 13.7. The fourth-order valence-electron chi connectivity index (χ4n) is 2.44. The van der Waals surface area contributed by atoms with Crippen LogP contribution in [0.1, 0.15) is 27.0 Å². The highest BCUT2D eigenvalue weighted by molar-refractivity contribution is 5.95. The van der Waals surface area contributed by atoms with Crippen molar-refractivity contribution in [2.45, 2.75) is 20.8 Å². The van der Waals surface area contributed by atoms with Crippen LogP contribution in [0.3, 0.4) is 0 Å². The van der Waals surface area contributed by atoms with Gasteiger partial charge in [0.25, 0.3) is 11.6 Å². The lowest BCUT2D eigenvalue weighted by Gasteiger charge is -2.10. The van der Waals surface area contributed by atoms with E-state index in [1.54, 1.807) is 0 Å². The molecule has 1 amide bonds. The first kappa shape index (κ1) is 18.4. The van der Waals surface area contributed by atoms with E-state index in [9.17, 15) is 19.3 Å². The smallest absolute Gasteiger partial charge is 0.276 e. The minimum atomic E-state index is -0.786. The largest absolute Gasteiger partial charge is 0.492 e. The summed E-state index contributed by atoms with van der Waals surface area (Å²) in [6.07, 6.45) is 0. The van der Waals surface area contributed by atoms with Gasteiger partial charge in [-0.3, -0.25) is 14.9 Å². The molecule has 0 atom stereocenters. The molecule has 7 heteroatoms. The number of hydrogen-bond donors (Lipinski definition) is 1. The molecule has 25 heavy (non-hydrogen) atoms. The number of ether oxygens (including phenoxy) is 1. The lowest BCUT2D eigenvalue weighted by Crippen LogP contribution is -2.28. The van der Waals surface area contributed by atoms with Crippen LogP contribution in [0.4, 0.5) is 10.1 Å². The molecule has 1 N–H and O–H groups in total. The predicted octanol–water partition coefficient (Wildman–Crippen LogP) is 3.47. The molecule has 0 saturated carbocycles. The second-order valence-corrected chi connectivity index (χ2v) is 5.79. The first-order chi connectivity index (χ1) is 11.8. The van der Waals surface area contributed by atoms with Crippen LogP contribution < -0.4 is 10.1 Å². The highest BCUT2D eigenvalue weighted by atomic mass is 19.1. The van der Waals surface area contributed by atoms with E-state index in [1.165, 1.54) is 6.92 Å². The minimum Gasteiger partial charge on any atom is -0.492 e. The monoisotopic (exact) mass is 346 g/mol. The fraction of sp³-hybridized carbons (Fsp3) is 0.278. The highest BCUT2D eigenvalue weighted by Gasteiger charge is 2.19. The number of halogens is 1. The molecular weight excluding hydrogens is 327 g/mol. The Kier molecular flexibility index (Phi) is 5.69. The number of hydrogen-bond acceptors (Lipinski definition) is 4. The Hall–Kier alpha value is -2.96. The Labute approximate surface area is 144 Å². The summed E-state index contributed by atoms with van der Waals surface area (Å²) in [5, 5.41) is 13.5. The quantitative estimate of drug-likeness (QED) is 0.493. The summed E-state index contributed by atoms with van der Waals surface area (Å²) >= 11 is 0. The topological polar surface area (TPSA) is 81.5 Å².